The van der Waals surface area contributed by atoms with E-state index in [1.807, 2.05) is 18.2 Å². The Morgan fingerprint density at radius 1 is 1.09 bits per heavy atom. The molecule has 0 atom stereocenters. The van der Waals surface area contributed by atoms with Crippen LogP contribution in [-0.4, -0.2) is 25.1 Å². The molecule has 0 saturated heterocycles. The van der Waals surface area contributed by atoms with Crippen molar-refractivity contribution in [3.05, 3.63) is 60.4 Å². The van der Waals surface area contributed by atoms with Crippen LogP contribution in [0.3, 0.4) is 0 Å². The molecule has 116 valence electrons. The number of rotatable bonds is 4. The van der Waals surface area contributed by atoms with Gasteiger partial charge in [0.05, 0.1) is 19.9 Å². The third-order valence-electron chi connectivity index (χ3n) is 3.59. The molecule has 0 bridgehead atoms. The molecule has 3 rings (SSSR count). The highest BCUT2D eigenvalue weighted by atomic mass is 16.5. The highest BCUT2D eigenvalue weighted by molar-refractivity contribution is 6.13. The number of benzene rings is 2. The van der Waals surface area contributed by atoms with Crippen LogP contribution in [0.25, 0.3) is 10.8 Å². The Bertz CT molecular complexity index is 857. The van der Waals surface area contributed by atoms with E-state index in [0.29, 0.717) is 22.7 Å². The molecular weight excluding hydrogens is 292 g/mol. The van der Waals surface area contributed by atoms with Crippen molar-refractivity contribution >= 4 is 22.4 Å². The maximum atomic E-state index is 12.6. The largest absolute Gasteiger partial charge is 0.497 e. The van der Waals surface area contributed by atoms with Gasteiger partial charge in [-0.05, 0) is 29.7 Å². The van der Waals surface area contributed by atoms with Gasteiger partial charge in [-0.2, -0.15) is 0 Å². The molecule has 0 unspecified atom stereocenters. The van der Waals surface area contributed by atoms with Gasteiger partial charge in [0.1, 0.15) is 11.5 Å². The lowest BCUT2D eigenvalue weighted by Crippen LogP contribution is -2.13. The summed E-state index contributed by atoms with van der Waals surface area (Å²) >= 11 is 0. The van der Waals surface area contributed by atoms with Gasteiger partial charge in [0.15, 0.2) is 0 Å². The topological polar surface area (TPSA) is 60.5 Å². The van der Waals surface area contributed by atoms with Crippen molar-refractivity contribution in [2.75, 3.05) is 19.5 Å². The Hall–Kier alpha value is -3.08. The minimum Gasteiger partial charge on any atom is -0.497 e. The number of nitrogens with zero attached hydrogens (tertiary/aromatic N) is 1. The van der Waals surface area contributed by atoms with Crippen LogP contribution in [0.4, 0.5) is 5.69 Å². The number of methoxy groups -OCH3 is 2. The molecule has 0 saturated carbocycles. The molecule has 1 aromatic heterocycles. The number of nitrogens with one attached hydrogen (secondary N) is 1. The van der Waals surface area contributed by atoms with Crippen molar-refractivity contribution in [3.63, 3.8) is 0 Å². The van der Waals surface area contributed by atoms with Crippen molar-refractivity contribution in [1.82, 2.24) is 4.98 Å². The van der Waals surface area contributed by atoms with Gasteiger partial charge in [-0.25, -0.2) is 0 Å². The second kappa shape index (κ2) is 6.36. The van der Waals surface area contributed by atoms with Gasteiger partial charge in [-0.3, -0.25) is 9.78 Å². The van der Waals surface area contributed by atoms with Gasteiger partial charge in [-0.15, -0.1) is 0 Å². The van der Waals surface area contributed by atoms with Crippen molar-refractivity contribution in [2.24, 2.45) is 0 Å². The van der Waals surface area contributed by atoms with Gasteiger partial charge >= 0.3 is 0 Å². The lowest BCUT2D eigenvalue weighted by atomic mass is 10.1. The first-order valence-corrected chi connectivity index (χ1v) is 7.09. The maximum Gasteiger partial charge on any atom is 0.256 e. The van der Waals surface area contributed by atoms with Gasteiger partial charge in [0.2, 0.25) is 0 Å². The lowest BCUT2D eigenvalue weighted by molar-refractivity contribution is 0.102. The summed E-state index contributed by atoms with van der Waals surface area (Å²) in [6, 6.07) is 12.7. The van der Waals surface area contributed by atoms with Crippen LogP contribution < -0.4 is 14.8 Å². The number of amides is 1. The molecule has 5 heteroatoms. The van der Waals surface area contributed by atoms with Crippen molar-refractivity contribution in [2.45, 2.75) is 0 Å². The Balaban J connectivity index is 1.95. The number of ether oxygens (including phenoxy) is 2. The number of hydrogen-bond acceptors (Lipinski definition) is 4. The third kappa shape index (κ3) is 2.94. The van der Waals surface area contributed by atoms with Crippen LogP contribution in [0.2, 0.25) is 0 Å². The molecular formula is C18H16N2O3. The van der Waals surface area contributed by atoms with Crippen molar-refractivity contribution < 1.29 is 14.3 Å². The predicted molar refractivity (Wildman–Crippen MR) is 89.2 cm³/mol. The molecule has 0 aliphatic carbocycles. The standard InChI is InChI=1S/C18H16N2O3/c1-22-13-6-7-16(17(10-13)23-2)20-18(21)14-5-3-4-12-8-9-19-11-15(12)14/h3-11H,1-2H3,(H,20,21). The summed E-state index contributed by atoms with van der Waals surface area (Å²) in [6.45, 7) is 0. The summed E-state index contributed by atoms with van der Waals surface area (Å²) in [5.74, 6) is 0.984. The Morgan fingerprint density at radius 3 is 2.74 bits per heavy atom. The second-order valence-electron chi connectivity index (χ2n) is 4.92. The summed E-state index contributed by atoms with van der Waals surface area (Å²) in [4.78, 5) is 16.7. The molecule has 0 radical (unpaired) electrons. The molecule has 5 nitrogen and oxygen atoms in total. The smallest absolute Gasteiger partial charge is 0.256 e. The second-order valence-corrected chi connectivity index (χ2v) is 4.92. The summed E-state index contributed by atoms with van der Waals surface area (Å²) in [5.41, 5.74) is 1.15. The van der Waals surface area contributed by atoms with E-state index in [2.05, 4.69) is 10.3 Å². The quantitative estimate of drug-likeness (QED) is 0.801. The Kier molecular flexibility index (Phi) is 4.10. The third-order valence-corrected chi connectivity index (χ3v) is 3.59. The van der Waals surface area contributed by atoms with Gasteiger partial charge < -0.3 is 14.8 Å². The first-order chi connectivity index (χ1) is 11.2. The van der Waals surface area contributed by atoms with Crippen LogP contribution in [0.15, 0.2) is 54.9 Å². The molecule has 0 spiro atoms. The number of hydrogen-bond donors (Lipinski definition) is 1. The van der Waals surface area contributed by atoms with Crippen LogP contribution in [0.5, 0.6) is 11.5 Å². The van der Waals surface area contributed by atoms with E-state index in [-0.39, 0.29) is 5.91 Å². The lowest BCUT2D eigenvalue weighted by Gasteiger charge is -2.12. The van der Waals surface area contributed by atoms with Gasteiger partial charge in [0.25, 0.3) is 5.91 Å². The molecule has 0 aliphatic heterocycles. The van der Waals surface area contributed by atoms with E-state index in [1.165, 1.54) is 0 Å². The molecule has 3 aromatic rings. The molecule has 1 N–H and O–H groups in total. The fourth-order valence-corrected chi connectivity index (χ4v) is 2.40. The number of carbonyl (C=O) groups is 1. The molecule has 1 amide bonds. The van der Waals surface area contributed by atoms with E-state index in [0.717, 1.165) is 10.8 Å². The zero-order valence-electron chi connectivity index (χ0n) is 12.9. The summed E-state index contributed by atoms with van der Waals surface area (Å²) in [7, 11) is 3.13. The fourth-order valence-electron chi connectivity index (χ4n) is 2.40. The Morgan fingerprint density at radius 2 is 1.96 bits per heavy atom. The minimum absolute atomic E-state index is 0.216. The highest BCUT2D eigenvalue weighted by Gasteiger charge is 2.13. The molecule has 2 aromatic carbocycles. The first kappa shape index (κ1) is 14.8. The van der Waals surface area contributed by atoms with Gasteiger partial charge in [-0.1, -0.05) is 12.1 Å². The van der Waals surface area contributed by atoms with Crippen LogP contribution in [0.1, 0.15) is 10.4 Å². The van der Waals surface area contributed by atoms with E-state index < -0.39 is 0 Å². The zero-order valence-corrected chi connectivity index (χ0v) is 12.9. The molecule has 0 fully saturated rings. The van der Waals surface area contributed by atoms with Crippen molar-refractivity contribution in [1.29, 1.82) is 0 Å². The summed E-state index contributed by atoms with van der Waals surface area (Å²) in [6.07, 6.45) is 3.39. The SMILES string of the molecule is COc1ccc(NC(=O)c2cccc3ccncc23)c(OC)c1. The fraction of sp³-hybridized carbons (Fsp3) is 0.111. The predicted octanol–water partition coefficient (Wildman–Crippen LogP) is 3.50. The van der Waals surface area contributed by atoms with Crippen LogP contribution >= 0.6 is 0 Å². The van der Waals surface area contributed by atoms with Crippen LogP contribution in [0, 0.1) is 0 Å². The van der Waals surface area contributed by atoms with Crippen molar-refractivity contribution in [3.8, 4) is 11.5 Å². The van der Waals surface area contributed by atoms with E-state index in [4.69, 9.17) is 9.47 Å². The number of pyridine rings is 1. The minimum atomic E-state index is -0.216. The van der Waals surface area contributed by atoms with E-state index in [9.17, 15) is 4.79 Å². The Labute approximate surface area is 133 Å². The maximum absolute atomic E-state index is 12.6. The van der Waals surface area contributed by atoms with Crippen LogP contribution in [-0.2, 0) is 0 Å². The van der Waals surface area contributed by atoms with E-state index >= 15 is 0 Å². The number of fused-ring (bicyclic) bond motifs is 1. The molecule has 23 heavy (non-hydrogen) atoms. The zero-order chi connectivity index (χ0) is 16.2. The molecule has 1 heterocycles. The first-order valence-electron chi connectivity index (χ1n) is 7.09. The monoisotopic (exact) mass is 308 g/mol. The normalized spacial score (nSPS) is 10.3. The average molecular weight is 308 g/mol. The van der Waals surface area contributed by atoms with Gasteiger partial charge in [0, 0.05) is 29.4 Å². The summed E-state index contributed by atoms with van der Waals surface area (Å²) in [5, 5.41) is 4.65. The summed E-state index contributed by atoms with van der Waals surface area (Å²) < 4.78 is 10.5. The average Bonchev–Trinajstić information content (AvgIpc) is 2.61. The van der Waals surface area contributed by atoms with E-state index in [1.54, 1.807) is 50.9 Å². The number of carbonyl (C=O) groups excluding carboxylic acids is 1. The number of anilines is 1. The highest BCUT2D eigenvalue weighted by Crippen LogP contribution is 2.30. The number of aromatic nitrogens is 1. The molecule has 0 aliphatic rings.